The molecule has 3 rings (SSSR count). The van der Waals surface area contributed by atoms with E-state index in [0.717, 1.165) is 5.56 Å². The standard InChI is InChI=1S/C16H19FO4/c1-16(2)20-14-11(12(17)13(18)15(14)21-16)9-19-8-10-6-4-3-5-7-10/h3-7,13-15,18H,8-9H2,1-2H3/t13-,14+,15-/m0/s1. The van der Waals surface area contributed by atoms with Gasteiger partial charge in [0.25, 0.3) is 0 Å². The Morgan fingerprint density at radius 2 is 1.90 bits per heavy atom. The molecule has 5 heteroatoms. The summed E-state index contributed by atoms with van der Waals surface area (Å²) in [5, 5.41) is 9.89. The number of ether oxygens (including phenoxy) is 3. The first-order chi connectivity index (χ1) is 9.98. The molecule has 0 spiro atoms. The number of rotatable bonds is 4. The molecule has 1 heterocycles. The van der Waals surface area contributed by atoms with Crippen LogP contribution in [0.15, 0.2) is 41.7 Å². The third-order valence-electron chi connectivity index (χ3n) is 3.72. The highest BCUT2D eigenvalue weighted by Gasteiger charge is 2.53. The molecule has 3 atom stereocenters. The third kappa shape index (κ3) is 2.87. The lowest BCUT2D eigenvalue weighted by atomic mass is 10.1. The molecule has 21 heavy (non-hydrogen) atoms. The molecular weight excluding hydrogens is 275 g/mol. The highest BCUT2D eigenvalue weighted by molar-refractivity contribution is 5.30. The lowest BCUT2D eigenvalue weighted by Gasteiger charge is -2.19. The second kappa shape index (κ2) is 5.50. The predicted octanol–water partition coefficient (Wildman–Crippen LogP) is 2.32. The Bertz CT molecular complexity index is 540. The maximum atomic E-state index is 14.1. The molecule has 2 aliphatic rings. The first-order valence-electron chi connectivity index (χ1n) is 7.02. The molecule has 1 aromatic carbocycles. The average Bonchev–Trinajstić information content (AvgIpc) is 2.87. The lowest BCUT2D eigenvalue weighted by Crippen LogP contribution is -2.30. The van der Waals surface area contributed by atoms with Gasteiger partial charge in [-0.2, -0.15) is 0 Å². The van der Waals surface area contributed by atoms with E-state index in [9.17, 15) is 9.50 Å². The van der Waals surface area contributed by atoms with Crippen molar-refractivity contribution in [2.75, 3.05) is 6.61 Å². The fraction of sp³-hybridized carbons (Fsp3) is 0.500. The van der Waals surface area contributed by atoms with Gasteiger partial charge in [-0.1, -0.05) is 30.3 Å². The van der Waals surface area contributed by atoms with Gasteiger partial charge < -0.3 is 19.3 Å². The summed E-state index contributed by atoms with van der Waals surface area (Å²) in [6.45, 7) is 3.96. The number of aliphatic hydroxyl groups is 1. The number of aliphatic hydroxyl groups excluding tert-OH is 1. The van der Waals surface area contributed by atoms with E-state index in [1.54, 1.807) is 13.8 Å². The Morgan fingerprint density at radius 3 is 2.62 bits per heavy atom. The number of hydrogen-bond donors (Lipinski definition) is 1. The minimum absolute atomic E-state index is 0.0817. The Kier molecular flexibility index (Phi) is 3.84. The van der Waals surface area contributed by atoms with Crippen LogP contribution in [0, 0.1) is 0 Å². The summed E-state index contributed by atoms with van der Waals surface area (Å²) in [6.07, 6.45) is -2.53. The van der Waals surface area contributed by atoms with Crippen LogP contribution in [0.1, 0.15) is 19.4 Å². The van der Waals surface area contributed by atoms with Crippen molar-refractivity contribution < 1.29 is 23.7 Å². The smallest absolute Gasteiger partial charge is 0.164 e. The van der Waals surface area contributed by atoms with Gasteiger partial charge in [-0.25, -0.2) is 4.39 Å². The molecule has 0 unspecified atom stereocenters. The van der Waals surface area contributed by atoms with Crippen molar-refractivity contribution in [3.8, 4) is 0 Å². The zero-order chi connectivity index (χ0) is 15.0. The van der Waals surface area contributed by atoms with E-state index in [1.807, 2.05) is 30.3 Å². The molecular formula is C16H19FO4. The lowest BCUT2D eigenvalue weighted by molar-refractivity contribution is -0.155. The second-order valence-corrected chi connectivity index (χ2v) is 5.82. The van der Waals surface area contributed by atoms with Gasteiger partial charge in [0.2, 0.25) is 0 Å². The summed E-state index contributed by atoms with van der Waals surface area (Å²) in [7, 11) is 0. The quantitative estimate of drug-likeness (QED) is 0.926. The predicted molar refractivity (Wildman–Crippen MR) is 74.1 cm³/mol. The minimum Gasteiger partial charge on any atom is -0.383 e. The van der Waals surface area contributed by atoms with Gasteiger partial charge in [-0.3, -0.25) is 0 Å². The van der Waals surface area contributed by atoms with Gasteiger partial charge in [0, 0.05) is 5.57 Å². The maximum absolute atomic E-state index is 14.1. The van der Waals surface area contributed by atoms with Crippen LogP contribution in [0.5, 0.6) is 0 Å². The topological polar surface area (TPSA) is 47.9 Å². The van der Waals surface area contributed by atoms with Crippen molar-refractivity contribution in [1.82, 2.24) is 0 Å². The van der Waals surface area contributed by atoms with Crippen LogP contribution < -0.4 is 0 Å². The molecule has 1 saturated heterocycles. The van der Waals surface area contributed by atoms with Gasteiger partial charge in [0.1, 0.15) is 24.1 Å². The second-order valence-electron chi connectivity index (χ2n) is 5.82. The average molecular weight is 294 g/mol. The number of benzene rings is 1. The fourth-order valence-corrected chi connectivity index (χ4v) is 2.76. The van der Waals surface area contributed by atoms with Crippen LogP contribution >= 0.6 is 0 Å². The molecule has 0 bridgehead atoms. The van der Waals surface area contributed by atoms with E-state index in [1.165, 1.54) is 0 Å². The largest absolute Gasteiger partial charge is 0.383 e. The summed E-state index contributed by atoms with van der Waals surface area (Å²) in [5.74, 6) is -1.41. The first kappa shape index (κ1) is 14.7. The van der Waals surface area contributed by atoms with Gasteiger partial charge in [0.15, 0.2) is 5.79 Å². The van der Waals surface area contributed by atoms with Crippen molar-refractivity contribution in [3.05, 3.63) is 47.3 Å². The molecule has 0 aromatic heterocycles. The summed E-state index contributed by atoms with van der Waals surface area (Å²) >= 11 is 0. The van der Waals surface area contributed by atoms with E-state index in [0.29, 0.717) is 12.2 Å². The van der Waals surface area contributed by atoms with Crippen molar-refractivity contribution >= 4 is 0 Å². The van der Waals surface area contributed by atoms with E-state index >= 15 is 0 Å². The molecule has 1 aliphatic heterocycles. The first-order valence-corrected chi connectivity index (χ1v) is 7.02. The van der Waals surface area contributed by atoms with Gasteiger partial charge >= 0.3 is 0 Å². The SMILES string of the molecule is CC1(C)O[C@@H]2[C@H](O1)C(COCc1ccccc1)=C(F)[C@@H]2O. The van der Waals surface area contributed by atoms with Crippen LogP contribution in [0.25, 0.3) is 0 Å². The van der Waals surface area contributed by atoms with E-state index in [-0.39, 0.29) is 6.61 Å². The fourth-order valence-electron chi connectivity index (χ4n) is 2.76. The highest BCUT2D eigenvalue weighted by Crippen LogP contribution is 2.42. The molecule has 1 aromatic rings. The van der Waals surface area contributed by atoms with E-state index in [2.05, 4.69) is 0 Å². The maximum Gasteiger partial charge on any atom is 0.164 e. The normalized spacial score (nSPS) is 30.8. The molecule has 4 nitrogen and oxygen atoms in total. The molecule has 1 aliphatic carbocycles. The molecule has 0 radical (unpaired) electrons. The monoisotopic (exact) mass is 294 g/mol. The highest BCUT2D eigenvalue weighted by atomic mass is 19.1. The summed E-state index contributed by atoms with van der Waals surface area (Å²) < 4.78 is 30.8. The van der Waals surface area contributed by atoms with Gasteiger partial charge in [0.05, 0.1) is 13.2 Å². The number of fused-ring (bicyclic) bond motifs is 1. The van der Waals surface area contributed by atoms with Crippen molar-refractivity contribution in [1.29, 1.82) is 0 Å². The van der Waals surface area contributed by atoms with Gasteiger partial charge in [-0.15, -0.1) is 0 Å². The van der Waals surface area contributed by atoms with Crippen LogP contribution in [0.3, 0.4) is 0 Å². The Morgan fingerprint density at radius 1 is 1.19 bits per heavy atom. The number of hydrogen-bond acceptors (Lipinski definition) is 4. The van der Waals surface area contributed by atoms with Crippen LogP contribution in [-0.4, -0.2) is 35.8 Å². The molecule has 1 N–H and O–H groups in total. The van der Waals surface area contributed by atoms with Crippen molar-refractivity contribution in [3.63, 3.8) is 0 Å². The third-order valence-corrected chi connectivity index (χ3v) is 3.72. The number of halogens is 1. The van der Waals surface area contributed by atoms with Crippen molar-refractivity contribution in [2.45, 2.75) is 44.6 Å². The molecule has 0 amide bonds. The molecule has 114 valence electrons. The zero-order valence-corrected chi connectivity index (χ0v) is 12.1. The van der Waals surface area contributed by atoms with Gasteiger partial charge in [-0.05, 0) is 19.4 Å². The van der Waals surface area contributed by atoms with E-state index in [4.69, 9.17) is 14.2 Å². The summed E-state index contributed by atoms with van der Waals surface area (Å²) in [5.41, 5.74) is 1.35. The van der Waals surface area contributed by atoms with Crippen LogP contribution in [0.2, 0.25) is 0 Å². The Balaban J connectivity index is 1.64. The minimum atomic E-state index is -1.27. The molecule has 1 fully saturated rings. The molecule has 0 saturated carbocycles. The van der Waals surface area contributed by atoms with Crippen molar-refractivity contribution in [2.24, 2.45) is 0 Å². The Labute approximate surface area is 123 Å². The van der Waals surface area contributed by atoms with Crippen LogP contribution in [0.4, 0.5) is 4.39 Å². The Hall–Kier alpha value is -1.27. The summed E-state index contributed by atoms with van der Waals surface area (Å²) in [4.78, 5) is 0. The van der Waals surface area contributed by atoms with E-state index < -0.39 is 29.9 Å². The zero-order valence-electron chi connectivity index (χ0n) is 12.1. The van der Waals surface area contributed by atoms with Crippen LogP contribution in [-0.2, 0) is 20.8 Å². The summed E-state index contributed by atoms with van der Waals surface area (Å²) in [6, 6.07) is 9.65.